The van der Waals surface area contributed by atoms with Gasteiger partial charge >= 0.3 is 6.09 Å². The molecule has 11 heteroatoms. The molecule has 3 fully saturated rings. The van der Waals surface area contributed by atoms with Gasteiger partial charge in [-0.15, -0.1) is 0 Å². The van der Waals surface area contributed by atoms with Crippen LogP contribution in [0.5, 0.6) is 23.3 Å². The molecule has 2 unspecified atom stereocenters. The number of aromatic nitrogens is 2. The van der Waals surface area contributed by atoms with Crippen LogP contribution in [0.1, 0.15) is 57.9 Å². The molecule has 2 bridgehead atoms. The number of carbonyl (C=O) groups excluding carboxylic acids is 1. The molecule has 200 valence electrons. The van der Waals surface area contributed by atoms with E-state index in [4.69, 9.17) is 18.9 Å². The number of sulfone groups is 1. The van der Waals surface area contributed by atoms with E-state index in [1.54, 1.807) is 6.07 Å². The number of hydrogen-bond donors (Lipinski definition) is 0. The molecule has 2 saturated heterocycles. The van der Waals surface area contributed by atoms with Gasteiger partial charge in [0.05, 0.1) is 28.9 Å². The van der Waals surface area contributed by atoms with Crippen LogP contribution in [0.3, 0.4) is 0 Å². The highest BCUT2D eigenvalue weighted by atomic mass is 32.2. The van der Waals surface area contributed by atoms with Crippen LogP contribution in [0.25, 0.3) is 0 Å². The summed E-state index contributed by atoms with van der Waals surface area (Å²) in [5.41, 5.74) is 0.619. The molecule has 0 radical (unpaired) electrons. The first-order valence-electron chi connectivity index (χ1n) is 12.7. The van der Waals surface area contributed by atoms with Gasteiger partial charge in [0, 0.05) is 31.0 Å². The molecular formula is C26H33N3O7S. The van der Waals surface area contributed by atoms with Crippen molar-refractivity contribution in [2.24, 2.45) is 0 Å². The van der Waals surface area contributed by atoms with Gasteiger partial charge in [0.2, 0.25) is 11.8 Å². The molecule has 1 amide bonds. The van der Waals surface area contributed by atoms with E-state index in [1.165, 1.54) is 25.6 Å². The fourth-order valence-corrected chi connectivity index (χ4v) is 6.84. The number of piperidine rings is 1. The van der Waals surface area contributed by atoms with E-state index in [1.807, 2.05) is 25.7 Å². The minimum absolute atomic E-state index is 0.0857. The van der Waals surface area contributed by atoms with Gasteiger partial charge in [-0.25, -0.2) is 23.2 Å². The summed E-state index contributed by atoms with van der Waals surface area (Å²) in [6, 6.07) is 4.78. The molecule has 3 aliphatic rings. The van der Waals surface area contributed by atoms with Crippen LogP contribution in [0, 0.1) is 6.92 Å². The van der Waals surface area contributed by atoms with Crippen molar-refractivity contribution in [1.29, 1.82) is 0 Å². The van der Waals surface area contributed by atoms with E-state index in [2.05, 4.69) is 9.97 Å². The average molecular weight is 532 g/mol. The number of benzene rings is 1. The second-order valence-corrected chi connectivity index (χ2v) is 12.4. The summed E-state index contributed by atoms with van der Waals surface area (Å²) < 4.78 is 48.4. The topological polar surface area (TPSA) is 117 Å². The summed E-state index contributed by atoms with van der Waals surface area (Å²) in [6.45, 7) is 5.52. The lowest BCUT2D eigenvalue weighted by atomic mass is 10.0. The van der Waals surface area contributed by atoms with E-state index in [9.17, 15) is 13.2 Å². The van der Waals surface area contributed by atoms with Crippen LogP contribution in [0.15, 0.2) is 29.4 Å². The summed E-state index contributed by atoms with van der Waals surface area (Å²) >= 11 is 0. The predicted octanol–water partition coefficient (Wildman–Crippen LogP) is 4.44. The minimum Gasteiger partial charge on any atom is -0.493 e. The predicted molar refractivity (Wildman–Crippen MR) is 134 cm³/mol. The summed E-state index contributed by atoms with van der Waals surface area (Å²) in [6.07, 6.45) is 5.52. The summed E-state index contributed by atoms with van der Waals surface area (Å²) in [5, 5.41) is -0.309. The first-order valence-corrected chi connectivity index (χ1v) is 14.3. The maximum Gasteiger partial charge on any atom is 0.410 e. The van der Waals surface area contributed by atoms with E-state index >= 15 is 0 Å². The van der Waals surface area contributed by atoms with E-state index in [0.29, 0.717) is 54.5 Å². The molecule has 2 atom stereocenters. The quantitative estimate of drug-likeness (QED) is 0.487. The van der Waals surface area contributed by atoms with Gasteiger partial charge in [-0.3, -0.25) is 0 Å². The number of ether oxygens (including phenoxy) is 4. The molecule has 10 nitrogen and oxygen atoms in total. The number of methoxy groups -OCH3 is 1. The van der Waals surface area contributed by atoms with Gasteiger partial charge in [0.15, 0.2) is 21.3 Å². The molecule has 1 aliphatic carbocycles. The van der Waals surface area contributed by atoms with E-state index < -0.39 is 9.84 Å². The molecule has 1 aromatic carbocycles. The zero-order chi connectivity index (χ0) is 26.3. The minimum atomic E-state index is -3.35. The second kappa shape index (κ2) is 10.00. The van der Waals surface area contributed by atoms with Crippen molar-refractivity contribution in [3.63, 3.8) is 0 Å². The van der Waals surface area contributed by atoms with Crippen molar-refractivity contribution in [1.82, 2.24) is 14.9 Å². The molecule has 3 heterocycles. The Kier molecular flexibility index (Phi) is 6.91. The van der Waals surface area contributed by atoms with Crippen molar-refractivity contribution >= 4 is 15.9 Å². The molecule has 37 heavy (non-hydrogen) atoms. The van der Waals surface area contributed by atoms with Crippen LogP contribution in [0.4, 0.5) is 4.79 Å². The largest absolute Gasteiger partial charge is 0.493 e. The molecule has 0 N–H and O–H groups in total. The third kappa shape index (κ3) is 5.18. The maximum atomic E-state index is 12.6. The van der Waals surface area contributed by atoms with Crippen LogP contribution in [-0.4, -0.2) is 66.0 Å². The molecule has 2 aromatic rings. The lowest BCUT2D eigenvalue weighted by Crippen LogP contribution is -2.50. The maximum absolute atomic E-state index is 12.6. The molecule has 0 spiro atoms. The number of hydrogen-bond acceptors (Lipinski definition) is 9. The van der Waals surface area contributed by atoms with Gasteiger partial charge in [0.25, 0.3) is 0 Å². The number of nitrogens with zero attached hydrogens (tertiary/aromatic N) is 3. The number of fused-ring (bicyclic) bond motifs is 2. The van der Waals surface area contributed by atoms with Gasteiger partial charge in [-0.1, -0.05) is 0 Å². The van der Waals surface area contributed by atoms with Crippen molar-refractivity contribution in [3.05, 3.63) is 30.1 Å². The second-order valence-electron chi connectivity index (χ2n) is 10.2. The standard InChI is InChI=1S/C26H33N3O7S/c1-15(2)34-26(30)29-17-5-6-18(29)12-19(11-17)35-24-16(3)25(28-14-27-24)36-22-10-9-21(13-23(22)33-4)37(31,32)20-7-8-20/h9-10,13-15,17-20H,5-8,11-12H2,1-4H3. The van der Waals surface area contributed by atoms with Crippen molar-refractivity contribution in [3.8, 4) is 23.3 Å². The average Bonchev–Trinajstić information content (AvgIpc) is 3.67. The molecule has 1 aromatic heterocycles. The summed E-state index contributed by atoms with van der Waals surface area (Å²) in [4.78, 5) is 23.2. The Hall–Kier alpha value is -3.08. The zero-order valence-corrected chi connectivity index (χ0v) is 22.4. The summed E-state index contributed by atoms with van der Waals surface area (Å²) in [7, 11) is -1.89. The first-order chi connectivity index (χ1) is 17.7. The molecular weight excluding hydrogens is 498 g/mol. The SMILES string of the molecule is COc1cc(S(=O)(=O)C2CC2)ccc1Oc1ncnc(OC2CC3CCC(C2)N3C(=O)OC(C)C)c1C. The Morgan fingerprint density at radius 1 is 1.03 bits per heavy atom. The highest BCUT2D eigenvalue weighted by Gasteiger charge is 2.45. The van der Waals surface area contributed by atoms with Crippen molar-refractivity contribution < 1.29 is 32.2 Å². The Morgan fingerprint density at radius 3 is 2.32 bits per heavy atom. The molecule has 1 saturated carbocycles. The normalized spacial score (nSPS) is 23.2. The van der Waals surface area contributed by atoms with Crippen LogP contribution in [0.2, 0.25) is 0 Å². The van der Waals surface area contributed by atoms with Crippen molar-refractivity contribution in [2.75, 3.05) is 7.11 Å². The fraction of sp³-hybridized carbons (Fsp3) is 0.577. The van der Waals surface area contributed by atoms with Crippen LogP contribution < -0.4 is 14.2 Å². The molecule has 5 rings (SSSR count). The van der Waals surface area contributed by atoms with Gasteiger partial charge < -0.3 is 23.8 Å². The fourth-order valence-electron chi connectivity index (χ4n) is 5.17. The Balaban J connectivity index is 1.29. The van der Waals surface area contributed by atoms with Crippen molar-refractivity contribution in [2.45, 2.75) is 93.7 Å². The number of rotatable bonds is 8. The smallest absolute Gasteiger partial charge is 0.410 e. The third-order valence-electron chi connectivity index (χ3n) is 7.14. The van der Waals surface area contributed by atoms with Gasteiger partial charge in [-0.05, 0) is 58.6 Å². The highest BCUT2D eigenvalue weighted by molar-refractivity contribution is 7.92. The monoisotopic (exact) mass is 531 g/mol. The van der Waals surface area contributed by atoms with Crippen LogP contribution >= 0.6 is 0 Å². The third-order valence-corrected chi connectivity index (χ3v) is 9.40. The van der Waals surface area contributed by atoms with Crippen LogP contribution in [-0.2, 0) is 14.6 Å². The van der Waals surface area contributed by atoms with E-state index in [-0.39, 0.29) is 40.5 Å². The number of carbonyl (C=O) groups is 1. The number of amides is 1. The highest BCUT2D eigenvalue weighted by Crippen LogP contribution is 2.41. The first kappa shape index (κ1) is 25.6. The lowest BCUT2D eigenvalue weighted by molar-refractivity contribution is 0.0206. The Morgan fingerprint density at radius 2 is 1.70 bits per heavy atom. The Labute approximate surface area is 217 Å². The van der Waals surface area contributed by atoms with Gasteiger partial charge in [0.1, 0.15) is 12.4 Å². The van der Waals surface area contributed by atoms with Gasteiger partial charge in [-0.2, -0.15) is 0 Å². The van der Waals surface area contributed by atoms with E-state index in [0.717, 1.165) is 12.8 Å². The zero-order valence-electron chi connectivity index (χ0n) is 21.5. The summed E-state index contributed by atoms with van der Waals surface area (Å²) in [5.74, 6) is 1.36. The molecule has 2 aliphatic heterocycles. The lowest BCUT2D eigenvalue weighted by Gasteiger charge is -2.38. The Bertz CT molecular complexity index is 1260.